The van der Waals surface area contributed by atoms with Crippen molar-refractivity contribution in [3.8, 4) is 11.5 Å². The van der Waals surface area contributed by atoms with Crippen LogP contribution in [0, 0.1) is 0 Å². The molecule has 2 aromatic rings. The Labute approximate surface area is 150 Å². The molecule has 2 rings (SSSR count). The van der Waals surface area contributed by atoms with Crippen LogP contribution in [0.2, 0.25) is 0 Å². The zero-order valence-electron chi connectivity index (χ0n) is 13.3. The van der Waals surface area contributed by atoms with E-state index in [1.807, 2.05) is 24.3 Å². The summed E-state index contributed by atoms with van der Waals surface area (Å²) < 4.78 is 11.4. The molecule has 0 aliphatic rings. The fourth-order valence-electron chi connectivity index (χ4n) is 2.10. The van der Waals surface area contributed by atoms with Gasteiger partial charge in [-0.25, -0.2) is 0 Å². The summed E-state index contributed by atoms with van der Waals surface area (Å²) in [5.41, 5.74) is 2.99. The number of anilines is 2. The zero-order chi connectivity index (χ0) is 16.8. The first-order chi connectivity index (χ1) is 11.1. The lowest BCUT2D eigenvalue weighted by Crippen LogP contribution is -2.19. The van der Waals surface area contributed by atoms with Crippen molar-refractivity contribution in [1.82, 2.24) is 0 Å². The van der Waals surface area contributed by atoms with E-state index in [0.29, 0.717) is 16.6 Å². The molecule has 0 unspecified atom stereocenters. The van der Waals surface area contributed by atoms with Crippen molar-refractivity contribution < 1.29 is 9.47 Å². The van der Waals surface area contributed by atoms with Gasteiger partial charge in [0.25, 0.3) is 0 Å². The number of rotatable bonds is 5. The fourth-order valence-corrected chi connectivity index (χ4v) is 2.89. The zero-order valence-corrected chi connectivity index (χ0v) is 15.7. The van der Waals surface area contributed by atoms with Crippen LogP contribution in [0.3, 0.4) is 0 Å². The number of benzene rings is 2. The summed E-state index contributed by atoms with van der Waals surface area (Å²) in [5.74, 6) is 1.34. The second kappa shape index (κ2) is 8.17. The molecule has 122 valence electrons. The van der Waals surface area contributed by atoms with E-state index < -0.39 is 0 Å². The Balaban J connectivity index is 2.13. The van der Waals surface area contributed by atoms with Gasteiger partial charge in [0.15, 0.2) is 5.11 Å². The van der Waals surface area contributed by atoms with Gasteiger partial charge in [0.1, 0.15) is 16.0 Å². The number of halogens is 1. The number of hydrogen-bond donors (Lipinski definition) is 2. The van der Waals surface area contributed by atoms with E-state index in [-0.39, 0.29) is 0 Å². The van der Waals surface area contributed by atoms with Gasteiger partial charge in [0, 0.05) is 23.5 Å². The molecule has 0 atom stereocenters. The van der Waals surface area contributed by atoms with Crippen LogP contribution in [0.15, 0.2) is 40.9 Å². The van der Waals surface area contributed by atoms with Gasteiger partial charge < -0.3 is 20.1 Å². The van der Waals surface area contributed by atoms with Crippen LogP contribution >= 0.6 is 28.1 Å². The summed E-state index contributed by atoms with van der Waals surface area (Å²) >= 11 is 8.82. The molecule has 6 heteroatoms. The Morgan fingerprint density at radius 2 is 1.65 bits per heavy atom. The third kappa shape index (κ3) is 4.59. The lowest BCUT2D eigenvalue weighted by molar-refractivity contribution is 0.390. The van der Waals surface area contributed by atoms with E-state index in [0.717, 1.165) is 22.3 Å². The highest BCUT2D eigenvalue weighted by Crippen LogP contribution is 2.37. The summed E-state index contributed by atoms with van der Waals surface area (Å²) in [7, 11) is 3.21. The Hall–Kier alpha value is -1.79. The summed E-state index contributed by atoms with van der Waals surface area (Å²) in [4.78, 5) is 0. The van der Waals surface area contributed by atoms with Crippen LogP contribution in [-0.2, 0) is 6.42 Å². The molecule has 4 nitrogen and oxygen atoms in total. The topological polar surface area (TPSA) is 42.5 Å². The first kappa shape index (κ1) is 17.6. The molecule has 2 N–H and O–H groups in total. The van der Waals surface area contributed by atoms with Crippen LogP contribution in [0.5, 0.6) is 11.5 Å². The first-order valence-electron chi connectivity index (χ1n) is 7.15. The molecule has 0 radical (unpaired) electrons. The summed E-state index contributed by atoms with van der Waals surface area (Å²) in [6, 6.07) is 11.9. The normalized spacial score (nSPS) is 10.1. The number of nitrogens with one attached hydrogen (secondary N) is 2. The lowest BCUT2D eigenvalue weighted by Gasteiger charge is -2.14. The lowest BCUT2D eigenvalue weighted by atomic mass is 10.1. The molecule has 0 aliphatic heterocycles. The smallest absolute Gasteiger partial charge is 0.175 e. The minimum atomic E-state index is 0.504. The number of thiocarbonyl (C=S) groups is 1. The molecule has 2 aromatic carbocycles. The predicted molar refractivity (Wildman–Crippen MR) is 103 cm³/mol. The standard InChI is InChI=1S/C17H19BrN2O2S/c1-4-11-6-5-7-12(8-11)19-17(23)20-13-9-14(21-2)16(18)15(10-13)22-3/h5-10H,4H2,1-3H3,(H2,19,20,23). The van der Waals surface area contributed by atoms with Crippen molar-refractivity contribution in [2.45, 2.75) is 13.3 Å². The van der Waals surface area contributed by atoms with Crippen molar-refractivity contribution in [3.05, 3.63) is 46.4 Å². The van der Waals surface area contributed by atoms with Gasteiger partial charge in [-0.1, -0.05) is 19.1 Å². The maximum absolute atomic E-state index is 5.37. The summed E-state index contributed by atoms with van der Waals surface area (Å²) in [6.07, 6.45) is 0.983. The number of methoxy groups -OCH3 is 2. The van der Waals surface area contributed by atoms with Gasteiger partial charge in [-0.05, 0) is 52.3 Å². The maximum atomic E-state index is 5.37. The van der Waals surface area contributed by atoms with Gasteiger partial charge >= 0.3 is 0 Å². The molecule has 0 aromatic heterocycles. The predicted octanol–water partition coefficient (Wildman–Crippen LogP) is 4.84. The fraction of sp³-hybridized carbons (Fsp3) is 0.235. The van der Waals surface area contributed by atoms with Crippen LogP contribution in [0.4, 0.5) is 11.4 Å². The maximum Gasteiger partial charge on any atom is 0.175 e. The number of aryl methyl sites for hydroxylation is 1. The molecule has 0 saturated heterocycles. The molecule has 0 fully saturated rings. The average Bonchev–Trinajstić information content (AvgIpc) is 2.56. The Morgan fingerprint density at radius 3 is 2.22 bits per heavy atom. The highest BCUT2D eigenvalue weighted by molar-refractivity contribution is 9.10. The summed E-state index contributed by atoms with van der Waals surface area (Å²) in [6.45, 7) is 2.12. The van der Waals surface area contributed by atoms with Gasteiger partial charge in [-0.2, -0.15) is 0 Å². The van der Waals surface area contributed by atoms with Gasteiger partial charge in [0.05, 0.1) is 14.2 Å². The molecule has 0 amide bonds. The second-order valence-electron chi connectivity index (χ2n) is 4.83. The SMILES string of the molecule is CCc1cccc(NC(=S)Nc2cc(OC)c(Br)c(OC)c2)c1. The minimum absolute atomic E-state index is 0.504. The van der Waals surface area contributed by atoms with Crippen LogP contribution < -0.4 is 20.1 Å². The van der Waals surface area contributed by atoms with Crippen molar-refractivity contribution in [2.24, 2.45) is 0 Å². The molecule has 23 heavy (non-hydrogen) atoms. The first-order valence-corrected chi connectivity index (χ1v) is 8.36. The number of hydrogen-bond acceptors (Lipinski definition) is 3. The van der Waals surface area contributed by atoms with Crippen LogP contribution in [0.25, 0.3) is 0 Å². The average molecular weight is 395 g/mol. The third-order valence-electron chi connectivity index (χ3n) is 3.30. The van der Waals surface area contributed by atoms with E-state index in [1.165, 1.54) is 5.56 Å². The molecule has 0 spiro atoms. The van der Waals surface area contributed by atoms with Gasteiger partial charge in [0.2, 0.25) is 0 Å². The molecule has 0 aliphatic carbocycles. The molecule has 0 bridgehead atoms. The highest BCUT2D eigenvalue weighted by atomic mass is 79.9. The van der Waals surface area contributed by atoms with Crippen LogP contribution in [-0.4, -0.2) is 19.3 Å². The van der Waals surface area contributed by atoms with E-state index in [9.17, 15) is 0 Å². The van der Waals surface area contributed by atoms with Gasteiger partial charge in [-0.3, -0.25) is 0 Å². The van der Waals surface area contributed by atoms with Crippen molar-refractivity contribution in [1.29, 1.82) is 0 Å². The second-order valence-corrected chi connectivity index (χ2v) is 6.03. The molecule has 0 saturated carbocycles. The van der Waals surface area contributed by atoms with E-state index in [1.54, 1.807) is 14.2 Å². The van der Waals surface area contributed by atoms with Gasteiger partial charge in [-0.15, -0.1) is 0 Å². The molecular weight excluding hydrogens is 376 g/mol. The van der Waals surface area contributed by atoms with Crippen molar-refractivity contribution in [3.63, 3.8) is 0 Å². The summed E-state index contributed by atoms with van der Waals surface area (Å²) in [5, 5.41) is 6.83. The van der Waals surface area contributed by atoms with E-state index in [4.69, 9.17) is 21.7 Å². The van der Waals surface area contributed by atoms with Crippen molar-refractivity contribution in [2.75, 3.05) is 24.9 Å². The minimum Gasteiger partial charge on any atom is -0.495 e. The quantitative estimate of drug-likeness (QED) is 0.710. The Morgan fingerprint density at radius 1 is 1.04 bits per heavy atom. The highest BCUT2D eigenvalue weighted by Gasteiger charge is 2.10. The molecule has 0 heterocycles. The number of ether oxygens (including phenoxy) is 2. The van der Waals surface area contributed by atoms with Crippen LogP contribution in [0.1, 0.15) is 12.5 Å². The van der Waals surface area contributed by atoms with Crippen molar-refractivity contribution >= 4 is 44.6 Å². The van der Waals surface area contributed by atoms with E-state index >= 15 is 0 Å². The monoisotopic (exact) mass is 394 g/mol. The Bertz CT molecular complexity index is 682. The largest absolute Gasteiger partial charge is 0.495 e. The third-order valence-corrected chi connectivity index (χ3v) is 4.28. The Kier molecular flexibility index (Phi) is 6.24. The molecular formula is C17H19BrN2O2S. The van der Waals surface area contributed by atoms with E-state index in [2.05, 4.69) is 45.6 Å².